The van der Waals surface area contributed by atoms with Crippen molar-refractivity contribution in [3.05, 3.63) is 62.9 Å². The average molecular weight is 359 g/mol. The predicted octanol–water partition coefficient (Wildman–Crippen LogP) is 6.62. The molecule has 0 aliphatic heterocycles. The van der Waals surface area contributed by atoms with Crippen molar-refractivity contribution in [2.45, 2.75) is 0 Å². The zero-order chi connectivity index (χ0) is 15.0. The van der Waals surface area contributed by atoms with Crippen LogP contribution in [0.25, 0.3) is 22.6 Å². The summed E-state index contributed by atoms with van der Waals surface area (Å²) in [5.74, 6) is 0.529. The Morgan fingerprint density at radius 1 is 0.762 bits per heavy atom. The summed E-state index contributed by atoms with van der Waals surface area (Å²) in [5.41, 5.74) is 2.01. The Morgan fingerprint density at radius 2 is 1.33 bits per heavy atom. The number of oxazole rings is 1. The largest absolute Gasteiger partial charge is 0.443 e. The van der Waals surface area contributed by atoms with E-state index < -0.39 is 0 Å². The summed E-state index contributed by atoms with van der Waals surface area (Å²) in [6, 6.07) is 10.3. The first-order valence-corrected chi connectivity index (χ1v) is 7.42. The molecule has 2 aromatic carbocycles. The van der Waals surface area contributed by atoms with E-state index in [-0.39, 0.29) is 0 Å². The topological polar surface area (TPSA) is 26.0 Å². The molecule has 0 bridgehead atoms. The molecule has 2 nitrogen and oxygen atoms in total. The van der Waals surface area contributed by atoms with Gasteiger partial charge < -0.3 is 4.42 Å². The van der Waals surface area contributed by atoms with Gasteiger partial charge in [0.2, 0.25) is 0 Å². The van der Waals surface area contributed by atoms with E-state index in [1.165, 1.54) is 6.39 Å². The molecule has 6 heteroatoms. The fraction of sp³-hybridized carbons (Fsp3) is 0. The zero-order valence-corrected chi connectivity index (χ0v) is 13.4. The molecule has 0 N–H and O–H groups in total. The molecule has 0 unspecified atom stereocenters. The van der Waals surface area contributed by atoms with E-state index in [1.54, 1.807) is 36.4 Å². The molecule has 1 aromatic heterocycles. The highest BCUT2D eigenvalue weighted by Crippen LogP contribution is 2.39. The molecule has 0 aliphatic carbocycles. The van der Waals surface area contributed by atoms with E-state index >= 15 is 0 Å². The molecule has 0 fully saturated rings. The van der Waals surface area contributed by atoms with Gasteiger partial charge in [-0.05, 0) is 36.4 Å². The number of hydrogen-bond acceptors (Lipinski definition) is 2. The summed E-state index contributed by atoms with van der Waals surface area (Å²) in [4.78, 5) is 4.23. The highest BCUT2D eigenvalue weighted by molar-refractivity contribution is 6.37. The Balaban J connectivity index is 2.17. The average Bonchev–Trinajstić information content (AvgIpc) is 2.87. The number of benzene rings is 2. The summed E-state index contributed by atoms with van der Waals surface area (Å²) in [6.07, 6.45) is 1.35. The fourth-order valence-electron chi connectivity index (χ4n) is 1.98. The minimum atomic E-state index is 0.477. The maximum atomic E-state index is 6.23. The van der Waals surface area contributed by atoms with Crippen LogP contribution in [0.2, 0.25) is 20.1 Å². The van der Waals surface area contributed by atoms with Gasteiger partial charge in [0.05, 0.1) is 10.0 Å². The Bertz CT molecular complexity index is 747. The van der Waals surface area contributed by atoms with Crippen molar-refractivity contribution in [1.29, 1.82) is 0 Å². The van der Waals surface area contributed by atoms with Crippen LogP contribution < -0.4 is 0 Å². The predicted molar refractivity (Wildman–Crippen MR) is 87.4 cm³/mol. The van der Waals surface area contributed by atoms with E-state index in [0.29, 0.717) is 37.1 Å². The number of hydrogen-bond donors (Lipinski definition) is 0. The summed E-state index contributed by atoms with van der Waals surface area (Å²) in [7, 11) is 0. The first-order chi connectivity index (χ1) is 10.1. The van der Waals surface area contributed by atoms with Crippen molar-refractivity contribution in [3.63, 3.8) is 0 Å². The van der Waals surface area contributed by atoms with Gasteiger partial charge in [-0.1, -0.05) is 46.4 Å². The molecule has 0 spiro atoms. The van der Waals surface area contributed by atoms with Crippen LogP contribution >= 0.6 is 46.4 Å². The van der Waals surface area contributed by atoms with Gasteiger partial charge in [-0.15, -0.1) is 0 Å². The van der Waals surface area contributed by atoms with Crippen LogP contribution in [-0.4, -0.2) is 4.98 Å². The minimum absolute atomic E-state index is 0.477. The third-order valence-corrected chi connectivity index (χ3v) is 4.03. The van der Waals surface area contributed by atoms with Crippen molar-refractivity contribution in [2.24, 2.45) is 0 Å². The number of nitrogens with zero attached hydrogens (tertiary/aromatic N) is 1. The van der Waals surface area contributed by atoms with E-state index in [0.717, 1.165) is 5.56 Å². The van der Waals surface area contributed by atoms with Crippen LogP contribution in [0.1, 0.15) is 0 Å². The standard InChI is InChI=1S/C15H7Cl4NO/c16-8-1-3-10(12(18)5-8)14-15(21-7-20-14)11-4-2-9(17)6-13(11)19/h1-7H. The van der Waals surface area contributed by atoms with Crippen molar-refractivity contribution >= 4 is 46.4 Å². The maximum Gasteiger partial charge on any atom is 0.182 e. The van der Waals surface area contributed by atoms with Crippen molar-refractivity contribution < 1.29 is 4.42 Å². The second kappa shape index (κ2) is 5.90. The molecular formula is C15H7Cl4NO. The summed E-state index contributed by atoms with van der Waals surface area (Å²) < 4.78 is 5.48. The second-order valence-corrected chi connectivity index (χ2v) is 5.97. The molecule has 0 aliphatic rings. The molecule has 21 heavy (non-hydrogen) atoms. The summed E-state index contributed by atoms with van der Waals surface area (Å²) in [5, 5.41) is 2.07. The monoisotopic (exact) mass is 357 g/mol. The molecule has 0 saturated carbocycles. The lowest BCUT2D eigenvalue weighted by atomic mass is 10.1. The lowest BCUT2D eigenvalue weighted by molar-refractivity contribution is 0.572. The Kier molecular flexibility index (Phi) is 4.14. The fourth-order valence-corrected chi connectivity index (χ4v) is 2.98. The molecule has 3 rings (SSSR count). The molecule has 1 heterocycles. The van der Waals surface area contributed by atoms with Gasteiger partial charge in [0, 0.05) is 21.2 Å². The van der Waals surface area contributed by atoms with Gasteiger partial charge in [0.15, 0.2) is 12.2 Å². The SMILES string of the molecule is Clc1ccc(-c2ncoc2-c2ccc(Cl)cc2Cl)c(Cl)c1. The third-order valence-electron chi connectivity index (χ3n) is 2.93. The van der Waals surface area contributed by atoms with E-state index in [4.69, 9.17) is 50.8 Å². The molecule has 0 saturated heterocycles. The van der Waals surface area contributed by atoms with Crippen molar-refractivity contribution in [3.8, 4) is 22.6 Å². The van der Waals surface area contributed by atoms with Crippen molar-refractivity contribution in [1.82, 2.24) is 4.98 Å². The Labute approximate surface area is 141 Å². The van der Waals surface area contributed by atoms with Gasteiger partial charge in [0.25, 0.3) is 0 Å². The van der Waals surface area contributed by atoms with Crippen LogP contribution in [0, 0.1) is 0 Å². The number of rotatable bonds is 2. The molecule has 106 valence electrons. The first-order valence-electron chi connectivity index (χ1n) is 5.90. The van der Waals surface area contributed by atoms with Crippen LogP contribution in [0.4, 0.5) is 0 Å². The van der Waals surface area contributed by atoms with Gasteiger partial charge >= 0.3 is 0 Å². The molecule has 0 amide bonds. The minimum Gasteiger partial charge on any atom is -0.443 e. The van der Waals surface area contributed by atoms with E-state index in [1.807, 2.05) is 0 Å². The highest BCUT2D eigenvalue weighted by Gasteiger charge is 2.18. The van der Waals surface area contributed by atoms with E-state index in [9.17, 15) is 0 Å². The molecule has 3 aromatic rings. The number of aromatic nitrogens is 1. The number of halogens is 4. The Hall–Kier alpha value is -1.19. The smallest absolute Gasteiger partial charge is 0.182 e. The highest BCUT2D eigenvalue weighted by atomic mass is 35.5. The van der Waals surface area contributed by atoms with Gasteiger partial charge in [-0.2, -0.15) is 0 Å². The molecular weight excluding hydrogens is 352 g/mol. The zero-order valence-electron chi connectivity index (χ0n) is 10.4. The lowest BCUT2D eigenvalue weighted by Crippen LogP contribution is -1.85. The first kappa shape index (κ1) is 14.7. The van der Waals surface area contributed by atoms with E-state index in [2.05, 4.69) is 4.98 Å². The van der Waals surface area contributed by atoms with Crippen molar-refractivity contribution in [2.75, 3.05) is 0 Å². The normalized spacial score (nSPS) is 10.9. The van der Waals surface area contributed by atoms with Crippen LogP contribution in [0.15, 0.2) is 47.2 Å². The summed E-state index contributed by atoms with van der Waals surface area (Å²) >= 11 is 24.3. The van der Waals surface area contributed by atoms with Gasteiger partial charge in [-0.3, -0.25) is 0 Å². The third kappa shape index (κ3) is 2.90. The van der Waals surface area contributed by atoms with Crippen LogP contribution in [0.3, 0.4) is 0 Å². The molecule has 0 atom stereocenters. The Morgan fingerprint density at radius 3 is 1.90 bits per heavy atom. The quantitative estimate of drug-likeness (QED) is 0.514. The van der Waals surface area contributed by atoms with Gasteiger partial charge in [-0.25, -0.2) is 4.98 Å². The van der Waals surface area contributed by atoms with Gasteiger partial charge in [0.1, 0.15) is 5.69 Å². The second-order valence-electron chi connectivity index (χ2n) is 4.28. The molecule has 0 radical (unpaired) electrons. The lowest BCUT2D eigenvalue weighted by Gasteiger charge is -2.06. The summed E-state index contributed by atoms with van der Waals surface area (Å²) in [6.45, 7) is 0. The maximum absolute atomic E-state index is 6.23. The van der Waals surface area contributed by atoms with Crippen LogP contribution in [0.5, 0.6) is 0 Å². The van der Waals surface area contributed by atoms with Crippen LogP contribution in [-0.2, 0) is 0 Å².